The predicted molar refractivity (Wildman–Crippen MR) is 398 cm³/mol. The zero-order chi connectivity index (χ0) is 70.1. The van der Waals surface area contributed by atoms with E-state index in [2.05, 4.69) is 122 Å². The molecule has 0 N–H and O–H groups in total. The van der Waals surface area contributed by atoms with Crippen LogP contribution in [-0.4, -0.2) is 36.8 Å². The second-order valence-corrected chi connectivity index (χ2v) is 39.5. The Labute approximate surface area is 601 Å². The molecule has 24 atom stereocenters. The van der Waals surface area contributed by atoms with Crippen LogP contribution >= 0.6 is 0 Å². The van der Waals surface area contributed by atoms with Gasteiger partial charge in [-0.3, -0.25) is 0 Å². The third-order valence-electron chi connectivity index (χ3n) is 33.0. The van der Waals surface area contributed by atoms with Gasteiger partial charge in [0.25, 0.3) is 0 Å². The van der Waals surface area contributed by atoms with Crippen molar-refractivity contribution in [3.63, 3.8) is 0 Å². The van der Waals surface area contributed by atoms with Gasteiger partial charge in [0.1, 0.15) is 35.6 Å². The van der Waals surface area contributed by atoms with E-state index in [0.29, 0.717) is 71.0 Å². The van der Waals surface area contributed by atoms with Gasteiger partial charge in [0.05, 0.1) is 0 Å². The van der Waals surface area contributed by atoms with Gasteiger partial charge in [-0.15, -0.1) is 0 Å². The second kappa shape index (κ2) is 29.3. The molecule has 9 nitrogen and oxygen atoms in total. The fourth-order valence-electron chi connectivity index (χ4n) is 27.7. The minimum absolute atomic E-state index is 0.0454. The average molecular weight is 1360 g/mol. The first-order valence-electron chi connectivity index (χ1n) is 42.0. The Hall–Kier alpha value is -3.75. The van der Waals surface area contributed by atoms with Gasteiger partial charge >= 0.3 is 18.5 Å². The van der Waals surface area contributed by atoms with Crippen LogP contribution in [0, 0.1) is 139 Å². The summed E-state index contributed by atoms with van der Waals surface area (Å²) < 4.78 is 36.9. The minimum atomic E-state index is -0.829. The Balaban J connectivity index is 0.660. The number of hydrogen-bond donors (Lipinski definition) is 0. The molecule has 1 aromatic carbocycles. The number of allylic oxidation sites excluding steroid dienone is 3. The van der Waals surface area contributed by atoms with Crippen molar-refractivity contribution in [2.24, 2.45) is 139 Å². The molecule has 0 radical (unpaired) electrons. The van der Waals surface area contributed by atoms with Crippen LogP contribution in [0.25, 0.3) is 0 Å². The zero-order valence-electron chi connectivity index (χ0n) is 65.1. The standard InChI is InChI=1S/C90H138O9/c1-55(2)19-16-22-58(7)73-31-34-76-70-28-25-61-49-64(37-43-85(61,10)79(70)40-46-88(73,76)13)94-82(91)97-67-52-68(98-83(92)95-65-38-44-86(11)62(50-65)26-29-71-77-35-32-74(59(8)23-17-20-56(3)4)89(77,14)47-41-80(71)86)54-69(53-67)99-84(93)96-66-39-45-87(12)63(51-66)27-30-72-78-36-33-75(60(9)24-18-21-57(5)6)90(78,15)48-42-81(72)87/h25-27,52-60,64-66,70-81H,16-24,28-51H2,1-15H3. The van der Waals surface area contributed by atoms with E-state index in [1.165, 1.54) is 170 Å². The molecule has 9 fully saturated rings. The highest BCUT2D eigenvalue weighted by Crippen LogP contribution is 2.71. The van der Waals surface area contributed by atoms with Crippen LogP contribution in [0.3, 0.4) is 0 Å². The zero-order valence-corrected chi connectivity index (χ0v) is 65.1. The summed E-state index contributed by atoms with van der Waals surface area (Å²) in [4.78, 5) is 42.4. The third-order valence-corrected chi connectivity index (χ3v) is 33.0. The van der Waals surface area contributed by atoms with Gasteiger partial charge in [0.15, 0.2) is 0 Å². The highest BCUT2D eigenvalue weighted by atomic mass is 16.7. The van der Waals surface area contributed by atoms with Gasteiger partial charge in [-0.05, 0) is 274 Å². The molecule has 0 aliphatic heterocycles. The van der Waals surface area contributed by atoms with Crippen molar-refractivity contribution in [2.45, 2.75) is 334 Å². The van der Waals surface area contributed by atoms with E-state index < -0.39 is 18.5 Å². The molecular weight excluding hydrogens is 1220 g/mol. The van der Waals surface area contributed by atoms with Crippen molar-refractivity contribution in [1.82, 2.24) is 0 Å². The molecule has 12 aliphatic rings. The number of carbonyl (C=O) groups is 3. The SMILES string of the molecule is CC(C)CCCC(C)C1CCC2C3CC=C4CC(OC(=O)Oc5cc(OC(=O)OC6CCC7(C)C(=CCC8C7CCC7(C)C(C(C)CCCC(C)C)CCC87)C6)cc(OC(=O)OC6CCC7(C)C(=CCC8C7CCC7(C)C(C(C)CCCC(C)C)CCC87)C6)c5)CCC4(C)C3CCC12C. The first kappa shape index (κ1) is 73.6. The topological polar surface area (TPSA) is 107 Å². The second-order valence-electron chi connectivity index (χ2n) is 39.5. The maximum Gasteiger partial charge on any atom is 0.514 e. The van der Waals surface area contributed by atoms with Gasteiger partial charge in [-0.2, -0.15) is 0 Å². The fourth-order valence-corrected chi connectivity index (χ4v) is 27.7. The molecule has 0 amide bonds. The van der Waals surface area contributed by atoms with Gasteiger partial charge < -0.3 is 28.4 Å². The lowest BCUT2D eigenvalue weighted by atomic mass is 9.47. The summed E-state index contributed by atoms with van der Waals surface area (Å²) in [6, 6.07) is 4.49. The van der Waals surface area contributed by atoms with Crippen LogP contribution < -0.4 is 14.2 Å². The molecular formula is C90H138O9. The van der Waals surface area contributed by atoms with Crippen molar-refractivity contribution < 1.29 is 42.8 Å². The highest BCUT2D eigenvalue weighted by Gasteiger charge is 2.63. The summed E-state index contributed by atoms with van der Waals surface area (Å²) in [5.74, 6) is 13.7. The van der Waals surface area contributed by atoms with Crippen LogP contribution in [-0.2, 0) is 14.2 Å². The molecule has 9 saturated carbocycles. The molecule has 0 saturated heterocycles. The lowest BCUT2D eigenvalue weighted by molar-refractivity contribution is -0.0599. The van der Waals surface area contributed by atoms with Crippen molar-refractivity contribution in [3.8, 4) is 17.2 Å². The third kappa shape index (κ3) is 14.4. The lowest BCUT2D eigenvalue weighted by Gasteiger charge is -2.58. The van der Waals surface area contributed by atoms with E-state index >= 15 is 0 Å². The first-order valence-corrected chi connectivity index (χ1v) is 42.0. The maximum absolute atomic E-state index is 14.1. The molecule has 9 heteroatoms. The first-order chi connectivity index (χ1) is 47.1. The van der Waals surface area contributed by atoms with Crippen molar-refractivity contribution in [1.29, 1.82) is 0 Å². The Morgan fingerprint density at radius 1 is 0.354 bits per heavy atom. The van der Waals surface area contributed by atoms with Crippen LogP contribution in [0.15, 0.2) is 53.1 Å². The van der Waals surface area contributed by atoms with E-state index in [4.69, 9.17) is 28.4 Å². The van der Waals surface area contributed by atoms with E-state index in [1.54, 1.807) is 0 Å². The Kier molecular flexibility index (Phi) is 21.8. The summed E-state index contributed by atoms with van der Waals surface area (Å²) in [5, 5.41) is 0. The summed E-state index contributed by atoms with van der Waals surface area (Å²) in [6.07, 6.45) is 43.1. The Morgan fingerprint density at radius 3 is 0.889 bits per heavy atom. The summed E-state index contributed by atoms with van der Waals surface area (Å²) in [5.41, 5.74) is 5.92. The molecule has 1 aromatic rings. The number of hydrogen-bond acceptors (Lipinski definition) is 9. The summed E-state index contributed by atoms with van der Waals surface area (Å²) in [6.45, 7) is 37.4. The summed E-state index contributed by atoms with van der Waals surface area (Å²) in [7, 11) is 0. The molecule has 0 heterocycles. The molecule has 13 rings (SSSR count). The van der Waals surface area contributed by atoms with Crippen molar-refractivity contribution in [2.75, 3.05) is 0 Å². The highest BCUT2D eigenvalue weighted by molar-refractivity contribution is 5.69. The molecule has 0 spiro atoms. The number of ether oxygens (including phenoxy) is 6. The van der Waals surface area contributed by atoms with Crippen LogP contribution in [0.1, 0.15) is 316 Å². The molecule has 12 aliphatic carbocycles. The van der Waals surface area contributed by atoms with E-state index in [9.17, 15) is 14.4 Å². The van der Waals surface area contributed by atoms with Gasteiger partial charge in [-0.25, -0.2) is 14.4 Å². The smallest absolute Gasteiger partial charge is 0.430 e. The quantitative estimate of drug-likeness (QED) is 0.0515. The predicted octanol–water partition coefficient (Wildman–Crippen LogP) is 25.5. The molecule has 0 aromatic heterocycles. The lowest BCUT2D eigenvalue weighted by Crippen LogP contribution is -2.51. The van der Waals surface area contributed by atoms with Gasteiger partial charge in [0.2, 0.25) is 0 Å². The molecule has 99 heavy (non-hydrogen) atoms. The molecule has 552 valence electrons. The Bertz CT molecular complexity index is 2800. The van der Waals surface area contributed by atoms with E-state index in [0.717, 1.165) is 129 Å². The monoisotopic (exact) mass is 1360 g/mol. The van der Waals surface area contributed by atoms with E-state index in [1.807, 2.05) is 0 Å². The largest absolute Gasteiger partial charge is 0.514 e. The number of carbonyl (C=O) groups excluding carboxylic acids is 3. The number of rotatable bonds is 21. The maximum atomic E-state index is 14.1. The van der Waals surface area contributed by atoms with Crippen molar-refractivity contribution in [3.05, 3.63) is 53.1 Å². The number of fused-ring (bicyclic) bond motifs is 15. The average Bonchev–Trinajstić information content (AvgIpc) is 1.69. The number of benzene rings is 1. The van der Waals surface area contributed by atoms with Crippen LogP contribution in [0.2, 0.25) is 0 Å². The van der Waals surface area contributed by atoms with E-state index in [-0.39, 0.29) is 51.8 Å². The van der Waals surface area contributed by atoms with Crippen molar-refractivity contribution >= 4 is 18.5 Å². The van der Waals surface area contributed by atoms with Gasteiger partial charge in [0, 0.05) is 37.5 Å². The molecule has 24 unspecified atom stereocenters. The minimum Gasteiger partial charge on any atom is -0.430 e. The Morgan fingerprint density at radius 2 is 0.626 bits per heavy atom. The fraction of sp³-hybridized carbons (Fsp3) is 0.833. The molecule has 0 bridgehead atoms. The van der Waals surface area contributed by atoms with Gasteiger partial charge in [-0.1, -0.05) is 197 Å². The van der Waals surface area contributed by atoms with Crippen LogP contribution in [0.5, 0.6) is 17.2 Å². The van der Waals surface area contributed by atoms with Crippen LogP contribution in [0.4, 0.5) is 14.4 Å². The normalized spacial score (nSPS) is 41.3. The summed E-state index contributed by atoms with van der Waals surface area (Å²) >= 11 is 0.